The molecular weight excluding hydrogens is 373 g/mol. The first kappa shape index (κ1) is 19.2. The highest BCUT2D eigenvalue weighted by molar-refractivity contribution is 6.06. The number of rotatable bonds is 5. The van der Waals surface area contributed by atoms with Gasteiger partial charge < -0.3 is 15.8 Å². The Kier molecular flexibility index (Phi) is 5.10. The quantitative estimate of drug-likeness (QED) is 0.689. The minimum absolute atomic E-state index is 0.276. The zero-order valence-corrected chi connectivity index (χ0v) is 16.1. The molecule has 7 nitrogen and oxygen atoms in total. The molecule has 8 heteroatoms. The summed E-state index contributed by atoms with van der Waals surface area (Å²) in [6, 6.07) is 9.16. The maximum Gasteiger partial charge on any atom is 0.251 e. The summed E-state index contributed by atoms with van der Waals surface area (Å²) >= 11 is 0. The zero-order valence-electron chi connectivity index (χ0n) is 16.1. The number of primary amides is 1. The van der Waals surface area contributed by atoms with Crippen LogP contribution in [0.1, 0.15) is 28.8 Å². The summed E-state index contributed by atoms with van der Waals surface area (Å²) in [7, 11) is 1.72. The van der Waals surface area contributed by atoms with Crippen molar-refractivity contribution in [2.45, 2.75) is 24.9 Å². The number of anilines is 1. The van der Waals surface area contributed by atoms with E-state index in [2.05, 4.69) is 20.3 Å². The normalized spacial score (nSPS) is 15.9. The van der Waals surface area contributed by atoms with Crippen LogP contribution in [-0.4, -0.2) is 46.8 Å². The highest BCUT2D eigenvalue weighted by Gasteiger charge is 2.32. The first-order valence-corrected chi connectivity index (χ1v) is 9.48. The summed E-state index contributed by atoms with van der Waals surface area (Å²) in [6.45, 7) is 0.919. The highest BCUT2D eigenvalue weighted by atomic mass is 19.1. The van der Waals surface area contributed by atoms with Crippen molar-refractivity contribution < 1.29 is 13.9 Å². The second kappa shape index (κ2) is 7.71. The van der Waals surface area contributed by atoms with E-state index in [-0.39, 0.29) is 5.56 Å². The lowest BCUT2D eigenvalue weighted by molar-refractivity contribution is -0.00816. The Balaban J connectivity index is 1.70. The minimum Gasteiger partial charge on any atom is -0.381 e. The lowest BCUT2D eigenvalue weighted by atomic mass is 9.89. The number of nitrogens with one attached hydrogen (secondary N) is 1. The Hall–Kier alpha value is -3.13. The van der Waals surface area contributed by atoms with Gasteiger partial charge in [-0.2, -0.15) is 0 Å². The van der Waals surface area contributed by atoms with Gasteiger partial charge in [0.15, 0.2) is 5.82 Å². The van der Waals surface area contributed by atoms with E-state index in [1.807, 2.05) is 24.3 Å². The van der Waals surface area contributed by atoms with Gasteiger partial charge in [-0.25, -0.2) is 19.3 Å². The van der Waals surface area contributed by atoms with Gasteiger partial charge in [0.25, 0.3) is 5.91 Å². The van der Waals surface area contributed by atoms with Crippen molar-refractivity contribution in [3.05, 3.63) is 47.8 Å². The van der Waals surface area contributed by atoms with Gasteiger partial charge in [-0.3, -0.25) is 4.79 Å². The van der Waals surface area contributed by atoms with Crippen LogP contribution >= 0.6 is 0 Å². The summed E-state index contributed by atoms with van der Waals surface area (Å²) in [5.41, 5.74) is 7.76. The molecule has 0 unspecified atom stereocenters. The first-order chi connectivity index (χ1) is 14.0. The van der Waals surface area contributed by atoms with E-state index < -0.39 is 11.6 Å². The van der Waals surface area contributed by atoms with E-state index in [1.165, 1.54) is 6.33 Å². The molecule has 1 fully saturated rings. The fourth-order valence-corrected chi connectivity index (χ4v) is 3.63. The summed E-state index contributed by atoms with van der Waals surface area (Å²) in [5, 5.41) is 2.96. The molecule has 3 N–H and O–H groups in total. The van der Waals surface area contributed by atoms with Crippen molar-refractivity contribution in [3.63, 3.8) is 0 Å². The third-order valence-electron chi connectivity index (χ3n) is 5.25. The Bertz CT molecular complexity index is 1050. The van der Waals surface area contributed by atoms with Crippen LogP contribution < -0.4 is 11.1 Å². The number of carbonyl (C=O) groups excluding carboxylic acids is 1. The van der Waals surface area contributed by atoms with Gasteiger partial charge in [-0.1, -0.05) is 24.3 Å². The zero-order chi connectivity index (χ0) is 20.4. The number of hydrogen-bond acceptors (Lipinski definition) is 6. The monoisotopic (exact) mass is 395 g/mol. The van der Waals surface area contributed by atoms with Gasteiger partial charge in [0.1, 0.15) is 23.0 Å². The van der Waals surface area contributed by atoms with E-state index >= 15 is 0 Å². The lowest BCUT2D eigenvalue weighted by Gasteiger charge is -2.29. The molecule has 150 valence electrons. The summed E-state index contributed by atoms with van der Waals surface area (Å²) in [6.07, 6.45) is 2.54. The molecule has 0 saturated carbocycles. The lowest BCUT2D eigenvalue weighted by Crippen LogP contribution is -2.33. The molecule has 0 bridgehead atoms. The van der Waals surface area contributed by atoms with Gasteiger partial charge in [0, 0.05) is 45.1 Å². The molecule has 0 atom stereocenters. The van der Waals surface area contributed by atoms with Gasteiger partial charge >= 0.3 is 0 Å². The smallest absolute Gasteiger partial charge is 0.251 e. The number of halogens is 1. The maximum absolute atomic E-state index is 14.9. The third kappa shape index (κ3) is 3.88. The van der Waals surface area contributed by atoms with Crippen LogP contribution in [0.2, 0.25) is 0 Å². The largest absolute Gasteiger partial charge is 0.381 e. The molecular formula is C21H22FN5O2. The number of pyridine rings is 1. The molecule has 0 radical (unpaired) electrons. The van der Waals surface area contributed by atoms with Crippen LogP contribution in [0.25, 0.3) is 22.3 Å². The molecule has 0 aliphatic carbocycles. The SMILES string of the molecule is CNc1ncnc2c(C(N)=O)cc(-c3ccc(CC4(F)CCOCC4)cc3)nc12. The van der Waals surface area contributed by atoms with Crippen molar-refractivity contribution in [2.24, 2.45) is 5.73 Å². The van der Waals surface area contributed by atoms with Crippen molar-refractivity contribution in [1.29, 1.82) is 0 Å². The van der Waals surface area contributed by atoms with Crippen molar-refractivity contribution in [3.8, 4) is 11.3 Å². The molecule has 0 spiro atoms. The Morgan fingerprint density at radius 2 is 1.93 bits per heavy atom. The average Bonchev–Trinajstić information content (AvgIpc) is 2.73. The Morgan fingerprint density at radius 3 is 2.59 bits per heavy atom. The third-order valence-corrected chi connectivity index (χ3v) is 5.25. The second-order valence-corrected chi connectivity index (χ2v) is 7.23. The Morgan fingerprint density at radius 1 is 1.21 bits per heavy atom. The molecule has 1 aliphatic heterocycles. The van der Waals surface area contributed by atoms with Gasteiger partial charge in [0.05, 0.1) is 11.3 Å². The fourth-order valence-electron chi connectivity index (χ4n) is 3.63. The van der Waals surface area contributed by atoms with Crippen LogP contribution in [0.3, 0.4) is 0 Å². The number of hydrogen-bond donors (Lipinski definition) is 2. The number of benzene rings is 1. The molecule has 1 aliphatic rings. The van der Waals surface area contributed by atoms with E-state index in [0.29, 0.717) is 55.0 Å². The molecule has 1 saturated heterocycles. The predicted molar refractivity (Wildman–Crippen MR) is 108 cm³/mol. The molecule has 3 heterocycles. The summed E-state index contributed by atoms with van der Waals surface area (Å²) < 4.78 is 20.2. The van der Waals surface area contributed by atoms with E-state index in [1.54, 1.807) is 13.1 Å². The Labute approximate surface area is 167 Å². The van der Waals surface area contributed by atoms with Crippen LogP contribution in [0.4, 0.5) is 10.2 Å². The molecule has 3 aromatic rings. The number of aromatic nitrogens is 3. The number of alkyl halides is 1. The topological polar surface area (TPSA) is 103 Å². The van der Waals surface area contributed by atoms with Crippen LogP contribution in [0.15, 0.2) is 36.7 Å². The number of nitrogens with two attached hydrogens (primary N) is 1. The van der Waals surface area contributed by atoms with Crippen molar-refractivity contribution >= 4 is 22.8 Å². The summed E-state index contributed by atoms with van der Waals surface area (Å²) in [5.74, 6) is -0.0789. The van der Waals surface area contributed by atoms with Crippen LogP contribution in [-0.2, 0) is 11.2 Å². The number of nitrogens with zero attached hydrogens (tertiary/aromatic N) is 3. The van der Waals surface area contributed by atoms with E-state index in [9.17, 15) is 9.18 Å². The van der Waals surface area contributed by atoms with Crippen molar-refractivity contribution in [1.82, 2.24) is 15.0 Å². The predicted octanol–water partition coefficient (Wildman–Crippen LogP) is 2.89. The first-order valence-electron chi connectivity index (χ1n) is 9.48. The standard InChI is InChI=1S/C21H22FN5O2/c1-24-20-18-17(25-12-26-20)15(19(23)28)10-16(27-18)14-4-2-13(3-5-14)11-21(22)6-8-29-9-7-21/h2-5,10,12H,6-9,11H2,1H3,(H2,23,28)(H,24,25,26). The summed E-state index contributed by atoms with van der Waals surface area (Å²) in [4.78, 5) is 24.9. The molecule has 1 aromatic carbocycles. The van der Waals surface area contributed by atoms with Crippen molar-refractivity contribution in [2.75, 3.05) is 25.6 Å². The highest BCUT2D eigenvalue weighted by Crippen LogP contribution is 2.31. The molecule has 2 aromatic heterocycles. The number of amides is 1. The number of ether oxygens (including phenoxy) is 1. The molecule has 1 amide bonds. The van der Waals surface area contributed by atoms with Gasteiger partial charge in [-0.15, -0.1) is 0 Å². The minimum atomic E-state index is -1.22. The molecule has 4 rings (SSSR count). The maximum atomic E-state index is 14.9. The number of carbonyl (C=O) groups is 1. The molecule has 29 heavy (non-hydrogen) atoms. The number of fused-ring (bicyclic) bond motifs is 1. The van der Waals surface area contributed by atoms with Gasteiger partial charge in [0.2, 0.25) is 0 Å². The second-order valence-electron chi connectivity index (χ2n) is 7.23. The van der Waals surface area contributed by atoms with E-state index in [0.717, 1.165) is 11.1 Å². The fraction of sp³-hybridized carbons (Fsp3) is 0.333. The average molecular weight is 395 g/mol. The van der Waals surface area contributed by atoms with Crippen LogP contribution in [0.5, 0.6) is 0 Å². The van der Waals surface area contributed by atoms with Crippen LogP contribution in [0, 0.1) is 0 Å². The van der Waals surface area contributed by atoms with Gasteiger partial charge in [-0.05, 0) is 11.6 Å². The van der Waals surface area contributed by atoms with E-state index in [4.69, 9.17) is 10.5 Å².